The summed E-state index contributed by atoms with van der Waals surface area (Å²) in [6, 6.07) is 25.4. The lowest BCUT2D eigenvalue weighted by Gasteiger charge is -2.11. The molecule has 0 heterocycles. The van der Waals surface area contributed by atoms with Gasteiger partial charge in [-0.2, -0.15) is 0 Å². The van der Waals surface area contributed by atoms with Gasteiger partial charge in [0.05, 0.1) is 0 Å². The Hall–Kier alpha value is -3.18. The van der Waals surface area contributed by atoms with Crippen LogP contribution in [0.25, 0.3) is 6.08 Å². The Morgan fingerprint density at radius 1 is 0.778 bits per heavy atom. The Balaban J connectivity index is 1.85. The molecule has 4 nitrogen and oxygen atoms in total. The van der Waals surface area contributed by atoms with Crippen LogP contribution in [0.5, 0.6) is 0 Å². The molecule has 0 aromatic heterocycles. The lowest BCUT2D eigenvalue weighted by atomic mass is 10.1. The van der Waals surface area contributed by atoms with Gasteiger partial charge in [-0.05, 0) is 48.0 Å². The maximum Gasteiger partial charge on any atom is 0.272 e. The largest absolute Gasteiger partial charge is 0.321 e. The highest BCUT2D eigenvalue weighted by Crippen LogP contribution is 2.13. The number of carbonyl (C=O) groups is 2. The average Bonchev–Trinajstić information content (AvgIpc) is 2.69. The SMILES string of the molecule is O=C(Nc1ccccc1)/C(=C/c1ccccc1)NC(=O)c1ccc(Br)cc1. The first-order valence-corrected chi connectivity index (χ1v) is 9.11. The number of hydrogen-bond donors (Lipinski definition) is 2. The van der Waals surface area contributed by atoms with Gasteiger partial charge in [0.25, 0.3) is 11.8 Å². The fourth-order valence-electron chi connectivity index (χ4n) is 2.39. The van der Waals surface area contributed by atoms with E-state index in [-0.39, 0.29) is 11.6 Å². The summed E-state index contributed by atoms with van der Waals surface area (Å²) in [6.07, 6.45) is 1.65. The third-order valence-electron chi connectivity index (χ3n) is 3.74. The molecule has 27 heavy (non-hydrogen) atoms. The van der Waals surface area contributed by atoms with E-state index < -0.39 is 5.91 Å². The van der Waals surface area contributed by atoms with E-state index in [2.05, 4.69) is 26.6 Å². The van der Waals surface area contributed by atoms with Crippen LogP contribution in [-0.4, -0.2) is 11.8 Å². The molecule has 0 radical (unpaired) electrons. The maximum absolute atomic E-state index is 12.7. The Labute approximate surface area is 166 Å². The number of rotatable bonds is 5. The van der Waals surface area contributed by atoms with Crippen molar-refractivity contribution in [3.8, 4) is 0 Å². The number of para-hydroxylation sites is 1. The second-order valence-electron chi connectivity index (χ2n) is 5.75. The summed E-state index contributed by atoms with van der Waals surface area (Å²) < 4.78 is 0.876. The molecule has 3 aromatic carbocycles. The summed E-state index contributed by atoms with van der Waals surface area (Å²) in [5.41, 5.74) is 2.09. The van der Waals surface area contributed by atoms with Crippen molar-refractivity contribution in [3.63, 3.8) is 0 Å². The highest BCUT2D eigenvalue weighted by Gasteiger charge is 2.15. The number of halogens is 1. The van der Waals surface area contributed by atoms with Crippen LogP contribution in [0.2, 0.25) is 0 Å². The highest BCUT2D eigenvalue weighted by atomic mass is 79.9. The summed E-state index contributed by atoms with van der Waals surface area (Å²) in [5, 5.41) is 5.51. The predicted molar refractivity (Wildman–Crippen MR) is 111 cm³/mol. The fourth-order valence-corrected chi connectivity index (χ4v) is 2.65. The molecule has 0 saturated heterocycles. The van der Waals surface area contributed by atoms with Crippen molar-refractivity contribution in [1.29, 1.82) is 0 Å². The first-order valence-electron chi connectivity index (χ1n) is 8.32. The molecule has 0 atom stereocenters. The van der Waals surface area contributed by atoms with Gasteiger partial charge in [0.15, 0.2) is 0 Å². The minimum absolute atomic E-state index is 0.165. The first-order chi connectivity index (χ1) is 13.1. The summed E-state index contributed by atoms with van der Waals surface area (Å²) in [5.74, 6) is -0.747. The van der Waals surface area contributed by atoms with Crippen LogP contribution in [0.4, 0.5) is 5.69 Å². The van der Waals surface area contributed by atoms with Crippen molar-refractivity contribution in [2.75, 3.05) is 5.32 Å². The van der Waals surface area contributed by atoms with Crippen molar-refractivity contribution in [2.45, 2.75) is 0 Å². The van der Waals surface area contributed by atoms with Gasteiger partial charge in [-0.1, -0.05) is 64.5 Å². The Morgan fingerprint density at radius 3 is 2.00 bits per heavy atom. The first kappa shape index (κ1) is 18.6. The molecule has 0 unspecified atom stereocenters. The van der Waals surface area contributed by atoms with Gasteiger partial charge in [-0.3, -0.25) is 9.59 Å². The molecule has 0 spiro atoms. The quantitative estimate of drug-likeness (QED) is 0.579. The number of anilines is 1. The second-order valence-corrected chi connectivity index (χ2v) is 6.67. The Kier molecular flexibility index (Phi) is 6.18. The van der Waals surface area contributed by atoms with Gasteiger partial charge in [-0.25, -0.2) is 0 Å². The molecule has 5 heteroatoms. The summed E-state index contributed by atoms with van der Waals surface area (Å²) in [7, 11) is 0. The van der Waals surface area contributed by atoms with E-state index in [9.17, 15) is 9.59 Å². The monoisotopic (exact) mass is 420 g/mol. The van der Waals surface area contributed by atoms with E-state index in [4.69, 9.17) is 0 Å². The van der Waals surface area contributed by atoms with E-state index in [1.165, 1.54) is 0 Å². The number of carbonyl (C=O) groups excluding carboxylic acids is 2. The molecule has 0 aliphatic heterocycles. The third-order valence-corrected chi connectivity index (χ3v) is 4.27. The van der Waals surface area contributed by atoms with Crippen LogP contribution >= 0.6 is 15.9 Å². The molecular formula is C22H17BrN2O2. The van der Waals surface area contributed by atoms with Crippen molar-refractivity contribution in [1.82, 2.24) is 5.32 Å². The normalized spacial score (nSPS) is 10.9. The molecule has 0 bridgehead atoms. The van der Waals surface area contributed by atoms with E-state index in [0.29, 0.717) is 11.3 Å². The molecule has 3 aromatic rings. The van der Waals surface area contributed by atoms with Crippen molar-refractivity contribution in [2.24, 2.45) is 0 Å². The van der Waals surface area contributed by atoms with Gasteiger partial charge in [0.2, 0.25) is 0 Å². The Bertz CT molecular complexity index is 953. The minimum Gasteiger partial charge on any atom is -0.321 e. The van der Waals surface area contributed by atoms with E-state index >= 15 is 0 Å². The van der Waals surface area contributed by atoms with Crippen molar-refractivity contribution < 1.29 is 9.59 Å². The minimum atomic E-state index is -0.393. The molecule has 134 valence electrons. The van der Waals surface area contributed by atoms with Crippen molar-refractivity contribution >= 4 is 39.5 Å². The van der Waals surface area contributed by atoms with Gasteiger partial charge < -0.3 is 10.6 Å². The van der Waals surface area contributed by atoms with Crippen LogP contribution < -0.4 is 10.6 Å². The molecule has 2 amide bonds. The predicted octanol–water partition coefficient (Wildman–Crippen LogP) is 4.86. The standard InChI is InChI=1S/C22H17BrN2O2/c23-18-13-11-17(12-14-18)21(26)25-20(15-16-7-3-1-4-8-16)22(27)24-19-9-5-2-6-10-19/h1-15H,(H,24,27)(H,25,26)/b20-15-. The van der Waals surface area contributed by atoms with Crippen LogP contribution in [0, 0.1) is 0 Å². The number of benzene rings is 3. The summed E-state index contributed by atoms with van der Waals surface area (Å²) in [4.78, 5) is 25.3. The van der Waals surface area contributed by atoms with Gasteiger partial charge in [-0.15, -0.1) is 0 Å². The zero-order valence-corrected chi connectivity index (χ0v) is 15.9. The van der Waals surface area contributed by atoms with Crippen LogP contribution in [0.3, 0.4) is 0 Å². The summed E-state index contributed by atoms with van der Waals surface area (Å²) >= 11 is 3.34. The van der Waals surface area contributed by atoms with Gasteiger partial charge in [0, 0.05) is 15.7 Å². The lowest BCUT2D eigenvalue weighted by Crippen LogP contribution is -2.30. The van der Waals surface area contributed by atoms with Crippen LogP contribution in [-0.2, 0) is 4.79 Å². The molecule has 2 N–H and O–H groups in total. The third kappa shape index (κ3) is 5.39. The zero-order chi connectivity index (χ0) is 19.1. The van der Waals surface area contributed by atoms with E-state index in [0.717, 1.165) is 10.0 Å². The molecule has 0 aliphatic rings. The van der Waals surface area contributed by atoms with Gasteiger partial charge >= 0.3 is 0 Å². The van der Waals surface area contributed by atoms with Gasteiger partial charge in [0.1, 0.15) is 5.70 Å². The molecule has 0 aliphatic carbocycles. The van der Waals surface area contributed by atoms with Crippen molar-refractivity contribution in [3.05, 3.63) is 106 Å². The second kappa shape index (κ2) is 8.96. The highest BCUT2D eigenvalue weighted by molar-refractivity contribution is 9.10. The molecule has 0 fully saturated rings. The molecule has 0 saturated carbocycles. The number of nitrogens with one attached hydrogen (secondary N) is 2. The van der Waals surface area contributed by atoms with Crippen LogP contribution in [0.1, 0.15) is 15.9 Å². The topological polar surface area (TPSA) is 58.2 Å². The fraction of sp³-hybridized carbons (Fsp3) is 0. The molecule has 3 rings (SSSR count). The lowest BCUT2D eigenvalue weighted by molar-refractivity contribution is -0.113. The average molecular weight is 421 g/mol. The zero-order valence-electron chi connectivity index (χ0n) is 14.4. The number of hydrogen-bond acceptors (Lipinski definition) is 2. The van der Waals surface area contributed by atoms with E-state index in [1.54, 1.807) is 42.5 Å². The molecular weight excluding hydrogens is 404 g/mol. The van der Waals surface area contributed by atoms with Crippen LogP contribution in [0.15, 0.2) is 95.1 Å². The maximum atomic E-state index is 12.7. The number of amides is 2. The van der Waals surface area contributed by atoms with E-state index in [1.807, 2.05) is 48.5 Å². The smallest absolute Gasteiger partial charge is 0.272 e. The summed E-state index contributed by atoms with van der Waals surface area (Å²) in [6.45, 7) is 0. The Morgan fingerprint density at radius 2 is 1.37 bits per heavy atom.